The molecule has 6 atom stereocenters. The molecule has 0 amide bonds. The number of aliphatic hydroxyl groups is 2. The number of phosphoric ester groups is 1. The predicted octanol–water partition coefficient (Wildman–Crippen LogP) is -4.15. The number of rotatable bonds is 9. The summed E-state index contributed by atoms with van der Waals surface area (Å²) in [5.41, 5.74) is 5.74. The number of fused-ring (bicyclic) bond motifs is 1. The standard InChI is InChI=1S/C11H18N5O14P3/c1-26-9-5-8(14-11(12)15-9)16(3-13-5)10-7(18)6(17)4(28-10)2-27-32(22,23)30-33(24,25)29-31(19,20)21/h3-4,6-7,10,17-18H,2H2,1H3,(H,22,23)(H,24,25)(H2,12,14,15)(H2,19,20,21)/p-4. The second-order valence-corrected chi connectivity index (χ2v) is 10.5. The lowest BCUT2D eigenvalue weighted by atomic mass is 10.1. The third kappa shape index (κ3) is 6.12. The lowest BCUT2D eigenvalue weighted by molar-refractivity contribution is -0.339. The first-order chi connectivity index (χ1) is 15.1. The zero-order valence-electron chi connectivity index (χ0n) is 16.1. The van der Waals surface area contributed by atoms with Crippen LogP contribution in [0.2, 0.25) is 0 Å². The number of phosphoric acid groups is 3. The molecule has 3 heterocycles. The molecule has 6 unspecified atom stereocenters. The summed E-state index contributed by atoms with van der Waals surface area (Å²) in [4.78, 5) is 55.3. The molecule has 0 bridgehead atoms. The molecule has 1 aliphatic heterocycles. The second-order valence-electron chi connectivity index (χ2n) is 6.26. The maximum Gasteiger partial charge on any atom is 0.278 e. The van der Waals surface area contributed by atoms with Gasteiger partial charge in [-0.05, 0) is 0 Å². The van der Waals surface area contributed by atoms with Gasteiger partial charge in [0.2, 0.25) is 11.8 Å². The Morgan fingerprint density at radius 1 is 1.12 bits per heavy atom. The number of nitrogen functional groups attached to an aromatic ring is 1. The van der Waals surface area contributed by atoms with Crippen molar-refractivity contribution in [2.45, 2.75) is 24.5 Å². The minimum absolute atomic E-state index is 0.00132. The summed E-state index contributed by atoms with van der Waals surface area (Å²) in [6, 6.07) is 0. The van der Waals surface area contributed by atoms with Gasteiger partial charge in [-0.3, -0.25) is 18.0 Å². The molecule has 0 spiro atoms. The Bertz CT molecular complexity index is 1170. The summed E-state index contributed by atoms with van der Waals surface area (Å²) in [7, 11) is -16.8. The molecule has 0 aliphatic carbocycles. The average molecular weight is 533 g/mol. The highest BCUT2D eigenvalue weighted by atomic mass is 31.3. The van der Waals surface area contributed by atoms with Gasteiger partial charge < -0.3 is 54.1 Å². The van der Waals surface area contributed by atoms with Crippen LogP contribution in [0.4, 0.5) is 5.95 Å². The van der Waals surface area contributed by atoms with Crippen molar-refractivity contribution >= 4 is 40.6 Å². The molecule has 0 saturated carbocycles. The molecule has 3 rings (SSSR count). The second kappa shape index (κ2) is 9.24. The first-order valence-corrected chi connectivity index (χ1v) is 12.8. The fourth-order valence-corrected chi connectivity index (χ4v) is 5.65. The number of nitrogens with zero attached hydrogens (tertiary/aromatic N) is 4. The summed E-state index contributed by atoms with van der Waals surface area (Å²) in [6.45, 7) is -1.10. The molecule has 186 valence electrons. The quantitative estimate of drug-likeness (QED) is 0.258. The largest absolute Gasteiger partial charge is 0.790 e. The average Bonchev–Trinajstić information content (AvgIpc) is 3.18. The summed E-state index contributed by atoms with van der Waals surface area (Å²) >= 11 is 0. The molecule has 33 heavy (non-hydrogen) atoms. The van der Waals surface area contributed by atoms with Crippen molar-refractivity contribution in [2.75, 3.05) is 19.5 Å². The number of ether oxygens (including phenoxy) is 2. The van der Waals surface area contributed by atoms with Crippen LogP contribution in [0.5, 0.6) is 5.88 Å². The van der Waals surface area contributed by atoms with Gasteiger partial charge in [0.05, 0.1) is 27.9 Å². The number of hydrogen-bond acceptors (Lipinski definition) is 18. The molecule has 0 radical (unpaired) electrons. The van der Waals surface area contributed by atoms with Gasteiger partial charge in [-0.1, -0.05) is 0 Å². The van der Waals surface area contributed by atoms with Crippen LogP contribution in [-0.2, 0) is 31.6 Å². The van der Waals surface area contributed by atoms with Crippen LogP contribution in [0.25, 0.3) is 11.2 Å². The van der Waals surface area contributed by atoms with Gasteiger partial charge in [-0.25, -0.2) is 9.29 Å². The molecular weight excluding hydrogens is 519 g/mol. The Hall–Kier alpha value is -1.56. The number of methoxy groups -OCH3 is 1. The number of aromatic nitrogens is 4. The van der Waals surface area contributed by atoms with Gasteiger partial charge in [-0.2, -0.15) is 9.97 Å². The lowest BCUT2D eigenvalue weighted by Gasteiger charge is -2.37. The van der Waals surface area contributed by atoms with Crippen LogP contribution in [0, 0.1) is 0 Å². The highest BCUT2D eigenvalue weighted by Gasteiger charge is 2.45. The topological polar surface area (TPSA) is 300 Å². The van der Waals surface area contributed by atoms with E-state index in [0.29, 0.717) is 0 Å². The summed E-state index contributed by atoms with van der Waals surface area (Å²) < 4.78 is 55.4. The molecule has 0 aromatic carbocycles. The molecule has 22 heteroatoms. The lowest BCUT2D eigenvalue weighted by Crippen LogP contribution is -2.34. The molecule has 2 aromatic heterocycles. The summed E-state index contributed by atoms with van der Waals surface area (Å²) in [5, 5.41) is 20.5. The monoisotopic (exact) mass is 533 g/mol. The Morgan fingerprint density at radius 2 is 1.79 bits per heavy atom. The van der Waals surface area contributed by atoms with Crippen LogP contribution in [0.15, 0.2) is 6.33 Å². The van der Waals surface area contributed by atoms with E-state index in [9.17, 15) is 43.5 Å². The highest BCUT2D eigenvalue weighted by Crippen LogP contribution is 2.60. The molecule has 1 saturated heterocycles. The number of aliphatic hydroxyl groups excluding tert-OH is 2. The first-order valence-electron chi connectivity index (χ1n) is 8.39. The number of imidazole rings is 1. The zero-order valence-corrected chi connectivity index (χ0v) is 18.8. The van der Waals surface area contributed by atoms with E-state index in [2.05, 4.69) is 28.1 Å². The van der Waals surface area contributed by atoms with Crippen molar-refractivity contribution in [3.8, 4) is 5.88 Å². The van der Waals surface area contributed by atoms with Gasteiger partial charge in [0.25, 0.3) is 15.6 Å². The first kappa shape index (κ1) is 26.1. The summed E-state index contributed by atoms with van der Waals surface area (Å²) in [5.74, 6) is -0.220. The van der Waals surface area contributed by atoms with Crippen molar-refractivity contribution in [3.05, 3.63) is 6.33 Å². The molecule has 1 aliphatic rings. The Labute approximate surface area is 183 Å². The minimum atomic E-state index is -6.16. The maximum absolute atomic E-state index is 11.6. The van der Waals surface area contributed by atoms with Crippen molar-refractivity contribution in [2.24, 2.45) is 0 Å². The predicted molar refractivity (Wildman–Crippen MR) is 93.2 cm³/mol. The van der Waals surface area contributed by atoms with Crippen LogP contribution in [0.1, 0.15) is 6.23 Å². The van der Waals surface area contributed by atoms with Crippen molar-refractivity contribution < 1.29 is 66.1 Å². The normalized spacial score (nSPS) is 27.4. The molecule has 4 N–H and O–H groups in total. The third-order valence-corrected chi connectivity index (χ3v) is 7.67. The van der Waals surface area contributed by atoms with E-state index in [4.69, 9.17) is 15.2 Å². The van der Waals surface area contributed by atoms with Gasteiger partial charge in [0.1, 0.15) is 18.3 Å². The van der Waals surface area contributed by atoms with E-state index in [1.54, 1.807) is 0 Å². The Kier molecular flexibility index (Phi) is 7.29. The van der Waals surface area contributed by atoms with Crippen molar-refractivity contribution in [1.82, 2.24) is 19.5 Å². The van der Waals surface area contributed by atoms with E-state index in [0.717, 1.165) is 10.9 Å². The molecule has 19 nitrogen and oxygen atoms in total. The molecule has 1 fully saturated rings. The van der Waals surface area contributed by atoms with Gasteiger partial charge in [-0.15, -0.1) is 0 Å². The van der Waals surface area contributed by atoms with Gasteiger partial charge in [0.15, 0.2) is 17.4 Å². The Balaban J connectivity index is 1.73. The molecule has 2 aromatic rings. The number of nitrogens with two attached hydrogens (primary N) is 1. The maximum atomic E-state index is 11.6. The summed E-state index contributed by atoms with van der Waals surface area (Å²) in [6.07, 6.45) is -5.29. The number of anilines is 1. The van der Waals surface area contributed by atoms with E-state index in [1.165, 1.54) is 7.11 Å². The molecular formula is C11H14N5O14P3-4. The van der Waals surface area contributed by atoms with Crippen molar-refractivity contribution in [3.63, 3.8) is 0 Å². The van der Waals surface area contributed by atoms with Crippen LogP contribution >= 0.6 is 23.5 Å². The highest BCUT2D eigenvalue weighted by molar-refractivity contribution is 7.64. The van der Waals surface area contributed by atoms with Crippen LogP contribution in [0.3, 0.4) is 0 Å². The smallest absolute Gasteiger partial charge is 0.278 e. The SMILES string of the molecule is COc1nc(N)nc2c1ncn2C1OC(COP(=O)([O-])OP(=O)([O-])OP(=O)([O-])[O-])C(O)C1O. The van der Waals surface area contributed by atoms with E-state index in [1.807, 2.05) is 0 Å². The van der Waals surface area contributed by atoms with Gasteiger partial charge in [0, 0.05) is 0 Å². The van der Waals surface area contributed by atoms with Crippen LogP contribution < -0.4 is 30.0 Å². The minimum Gasteiger partial charge on any atom is -0.790 e. The fraction of sp³-hybridized carbons (Fsp3) is 0.545. The van der Waals surface area contributed by atoms with Crippen molar-refractivity contribution in [1.29, 1.82) is 0 Å². The Morgan fingerprint density at radius 3 is 2.39 bits per heavy atom. The zero-order chi connectivity index (χ0) is 24.8. The third-order valence-electron chi connectivity index (χ3n) is 4.01. The van der Waals surface area contributed by atoms with E-state index >= 15 is 0 Å². The van der Waals surface area contributed by atoms with Gasteiger partial charge >= 0.3 is 0 Å². The van der Waals surface area contributed by atoms with Crippen LogP contribution in [-0.4, -0.2) is 61.8 Å². The number of hydrogen-bond donors (Lipinski definition) is 3. The fourth-order valence-electron chi connectivity index (χ4n) is 2.78. The van der Waals surface area contributed by atoms with E-state index in [-0.39, 0.29) is 23.0 Å². The van der Waals surface area contributed by atoms with E-state index < -0.39 is 54.6 Å².